The van der Waals surface area contributed by atoms with E-state index in [-0.39, 0.29) is 12.3 Å². The van der Waals surface area contributed by atoms with Crippen molar-refractivity contribution in [1.29, 1.82) is 0 Å². The van der Waals surface area contributed by atoms with Crippen LogP contribution in [0.25, 0.3) is 0 Å². The fraction of sp³-hybridized carbons (Fsp3) is 0.750. The van der Waals surface area contributed by atoms with Gasteiger partial charge in [-0.15, -0.1) is 0 Å². The zero-order chi connectivity index (χ0) is 7.78. The quantitative estimate of drug-likeness (QED) is 0.442. The first-order valence-electron chi connectivity index (χ1n) is 3.58. The van der Waals surface area contributed by atoms with Gasteiger partial charge in [-0.2, -0.15) is 0 Å². The van der Waals surface area contributed by atoms with Gasteiger partial charge in [0, 0.05) is 24.1 Å². The van der Waals surface area contributed by atoms with Crippen molar-refractivity contribution >= 4 is 5.91 Å². The van der Waals surface area contributed by atoms with E-state index in [1.54, 1.807) is 0 Å². The van der Waals surface area contributed by atoms with Crippen LogP contribution >= 0.6 is 0 Å². The minimum absolute atomic E-state index is 0.276. The highest BCUT2D eigenvalue weighted by molar-refractivity contribution is 5.77. The Morgan fingerprint density at radius 3 is 3.29 bits per heavy atom. The van der Waals surface area contributed by atoms with Crippen LogP contribution < -0.4 is 5.43 Å². The van der Waals surface area contributed by atoms with Gasteiger partial charge >= 0.3 is 0 Å². The molecule has 3 heteroatoms. The van der Waals surface area contributed by atoms with Crippen LogP contribution in [0, 0.1) is 0 Å². The third-order valence-corrected chi connectivity index (χ3v) is 0.858. The summed E-state index contributed by atoms with van der Waals surface area (Å²) in [7, 11) is 0. The predicted molar refractivity (Wildman–Crippen MR) is 25.4 cm³/mol. The first kappa shape index (κ1) is 2.13. The number of amides is 1. The summed E-state index contributed by atoms with van der Waals surface area (Å²) < 4.78 is 20.5. The maximum absolute atomic E-state index is 10.7. The lowest BCUT2D eigenvalue weighted by Crippen LogP contribution is -2.29. The van der Waals surface area contributed by atoms with E-state index in [0.29, 0.717) is 11.6 Å². The van der Waals surface area contributed by atoms with Gasteiger partial charge in [-0.05, 0) is 0 Å². The van der Waals surface area contributed by atoms with E-state index in [1.165, 1.54) is 0 Å². The maximum atomic E-state index is 10.7. The lowest BCUT2D eigenvalue weighted by molar-refractivity contribution is -0.128. The van der Waals surface area contributed by atoms with E-state index in [2.05, 4.69) is 5.43 Å². The summed E-state index contributed by atoms with van der Waals surface area (Å²) in [5, 5.41) is 0.701. The van der Waals surface area contributed by atoms with Gasteiger partial charge in [0.15, 0.2) is 0 Å². The Morgan fingerprint density at radius 1 is 2.14 bits per heavy atom. The molecule has 1 aliphatic rings. The number of hydrogen-bond donors (Lipinski definition) is 1. The second-order valence-electron chi connectivity index (χ2n) is 1.39. The summed E-state index contributed by atoms with van der Waals surface area (Å²) >= 11 is 0. The Hall–Kier alpha value is -0.570. The number of carbonyl (C=O) groups excluding carboxylic acids is 1. The van der Waals surface area contributed by atoms with Crippen molar-refractivity contribution < 1.29 is 8.91 Å². The molecule has 0 aromatic carbocycles. The molecule has 0 bridgehead atoms. The first-order valence-corrected chi connectivity index (χ1v) is 2.08. The fourth-order valence-electron chi connectivity index (χ4n) is 0.475. The van der Waals surface area contributed by atoms with Crippen molar-refractivity contribution in [3.8, 4) is 0 Å². The molecular formula is C4H8N2O. The number of carbonyl (C=O) groups is 1. The number of hydrogen-bond acceptors (Lipinski definition) is 2. The first-order chi connectivity index (χ1) is 4.52. The number of nitrogens with zero attached hydrogens (tertiary/aromatic N) is 1. The monoisotopic (exact) mass is 103 g/mol. The molecule has 1 aliphatic heterocycles. The minimum Gasteiger partial charge on any atom is -0.281 e. The molecule has 40 valence electrons. The predicted octanol–water partition coefficient (Wildman–Crippen LogP) is -0.647. The Kier molecular flexibility index (Phi) is 0.457. The Bertz CT molecular complexity index is 155. The van der Waals surface area contributed by atoms with Crippen molar-refractivity contribution in [1.82, 2.24) is 10.4 Å². The number of rotatable bonds is 0. The third kappa shape index (κ3) is 0.718. The zero-order valence-electron chi connectivity index (χ0n) is 6.77. The molecule has 7 heavy (non-hydrogen) atoms. The summed E-state index contributed by atoms with van der Waals surface area (Å²) in [5.41, 5.74) is 2.47. The highest BCUT2D eigenvalue weighted by Gasteiger charge is 2.13. The van der Waals surface area contributed by atoms with Gasteiger partial charge < -0.3 is 0 Å². The molecule has 1 N–H and O–H groups in total. The molecule has 0 atom stereocenters. The van der Waals surface area contributed by atoms with Gasteiger partial charge in [0.05, 0.1) is 0 Å². The molecule has 0 aromatic rings. The van der Waals surface area contributed by atoms with Crippen LogP contribution in [0.15, 0.2) is 0 Å². The largest absolute Gasteiger partial charge is 0.281 e. The van der Waals surface area contributed by atoms with Crippen LogP contribution in [0.3, 0.4) is 0 Å². The molecule has 1 rings (SSSR count). The Morgan fingerprint density at radius 2 is 3.00 bits per heavy atom. The molecule has 1 amide bonds. The molecule has 0 aliphatic carbocycles. The van der Waals surface area contributed by atoms with Gasteiger partial charge in [0.25, 0.3) is 0 Å². The van der Waals surface area contributed by atoms with Gasteiger partial charge in [-0.25, -0.2) is 5.43 Å². The van der Waals surface area contributed by atoms with Crippen LogP contribution in [-0.2, 0) is 4.79 Å². The number of hydrazine groups is 1. The third-order valence-electron chi connectivity index (χ3n) is 0.858. The van der Waals surface area contributed by atoms with Gasteiger partial charge in [0.2, 0.25) is 5.91 Å². The van der Waals surface area contributed by atoms with Crippen LogP contribution in [0.2, 0.25) is 0 Å². The normalized spacial score (nSPS) is 29.4. The van der Waals surface area contributed by atoms with Crippen LogP contribution in [-0.4, -0.2) is 24.4 Å². The second kappa shape index (κ2) is 1.50. The number of nitrogens with one attached hydrogen (secondary N) is 1. The van der Waals surface area contributed by atoms with E-state index in [1.807, 2.05) is 0 Å². The second-order valence-corrected chi connectivity index (χ2v) is 1.39. The average molecular weight is 103 g/mol. The SMILES string of the molecule is [2H]C([2H])([2H])N1NCCC1=O. The van der Waals surface area contributed by atoms with Gasteiger partial charge in [-0.1, -0.05) is 0 Å². The average Bonchev–Trinajstić information content (AvgIpc) is 2.11. The molecule has 1 fully saturated rings. The summed E-state index contributed by atoms with van der Waals surface area (Å²) in [6.45, 7) is -1.90. The van der Waals surface area contributed by atoms with E-state index < -0.39 is 6.98 Å². The molecule has 1 heterocycles. The highest BCUT2D eigenvalue weighted by Crippen LogP contribution is 1.92. The van der Waals surface area contributed by atoms with Crippen LogP contribution in [0.4, 0.5) is 0 Å². The highest BCUT2D eigenvalue weighted by atomic mass is 16.2. The smallest absolute Gasteiger partial charge is 0.237 e. The molecule has 0 aromatic heterocycles. The molecule has 0 spiro atoms. The van der Waals surface area contributed by atoms with Crippen molar-refractivity contribution in [3.05, 3.63) is 0 Å². The fourth-order valence-corrected chi connectivity index (χ4v) is 0.475. The van der Waals surface area contributed by atoms with E-state index in [0.717, 1.165) is 0 Å². The summed E-state index contributed by atoms with van der Waals surface area (Å²) in [5.74, 6) is -0.361. The molecule has 1 saturated heterocycles. The molecule has 3 nitrogen and oxygen atoms in total. The van der Waals surface area contributed by atoms with E-state index >= 15 is 0 Å². The standard InChI is InChI=1S/C4H8N2O/c1-6-4(7)2-3-5-6/h5H,2-3H2,1H3/i1D3. The molecule has 0 unspecified atom stereocenters. The van der Waals surface area contributed by atoms with Crippen molar-refractivity contribution in [2.75, 3.05) is 13.5 Å². The Balaban J connectivity index is 2.64. The topological polar surface area (TPSA) is 32.3 Å². The molecule has 0 saturated carbocycles. The van der Waals surface area contributed by atoms with Crippen molar-refractivity contribution in [2.45, 2.75) is 6.42 Å². The van der Waals surface area contributed by atoms with Crippen molar-refractivity contribution in [3.63, 3.8) is 0 Å². The summed E-state index contributed by atoms with van der Waals surface area (Å²) in [6, 6.07) is 0. The summed E-state index contributed by atoms with van der Waals surface area (Å²) in [4.78, 5) is 10.7. The molecular weight excluding hydrogens is 92.1 g/mol. The lowest BCUT2D eigenvalue weighted by atomic mass is 10.4. The van der Waals surface area contributed by atoms with Gasteiger partial charge in [-0.3, -0.25) is 9.80 Å². The summed E-state index contributed by atoms with van der Waals surface area (Å²) in [6.07, 6.45) is 0.276. The zero-order valence-corrected chi connectivity index (χ0v) is 3.77. The maximum Gasteiger partial charge on any atom is 0.237 e. The minimum atomic E-state index is -2.33. The van der Waals surface area contributed by atoms with Gasteiger partial charge in [0.1, 0.15) is 0 Å². The van der Waals surface area contributed by atoms with Crippen LogP contribution in [0.5, 0.6) is 0 Å². The van der Waals surface area contributed by atoms with Crippen LogP contribution in [0.1, 0.15) is 10.5 Å². The van der Waals surface area contributed by atoms with Crippen molar-refractivity contribution in [2.24, 2.45) is 0 Å². The van der Waals surface area contributed by atoms with E-state index in [9.17, 15) is 4.79 Å². The Labute approximate surface area is 46.5 Å². The molecule has 0 radical (unpaired) electrons. The van der Waals surface area contributed by atoms with E-state index in [4.69, 9.17) is 4.11 Å². The lowest BCUT2D eigenvalue weighted by Gasteiger charge is -2.04.